The maximum Gasteiger partial charge on any atom is 0.237 e. The summed E-state index contributed by atoms with van der Waals surface area (Å²) in [6.45, 7) is 5.81. The van der Waals surface area contributed by atoms with Gasteiger partial charge in [-0.05, 0) is 31.4 Å². The van der Waals surface area contributed by atoms with Crippen molar-refractivity contribution in [1.29, 1.82) is 0 Å². The van der Waals surface area contributed by atoms with E-state index in [2.05, 4.69) is 12.2 Å². The predicted molar refractivity (Wildman–Crippen MR) is 84.3 cm³/mol. The van der Waals surface area contributed by atoms with Gasteiger partial charge in [0.2, 0.25) is 5.91 Å². The molecule has 1 aromatic carbocycles. The van der Waals surface area contributed by atoms with Crippen LogP contribution in [0.4, 0.5) is 5.69 Å². The quantitative estimate of drug-likeness (QED) is 0.785. The van der Waals surface area contributed by atoms with Crippen molar-refractivity contribution in [3.05, 3.63) is 29.8 Å². The van der Waals surface area contributed by atoms with Crippen molar-refractivity contribution < 1.29 is 4.79 Å². The van der Waals surface area contributed by atoms with Gasteiger partial charge < -0.3 is 11.1 Å². The number of hydrogen-bond acceptors (Lipinski definition) is 2. The first kappa shape index (κ1) is 15.6. The van der Waals surface area contributed by atoms with Crippen molar-refractivity contribution in [3.63, 3.8) is 0 Å². The third-order valence-corrected chi connectivity index (χ3v) is 3.99. The molecule has 0 aromatic heterocycles. The molecule has 0 saturated carbocycles. The van der Waals surface area contributed by atoms with Gasteiger partial charge in [0.15, 0.2) is 0 Å². The SMILES string of the molecule is CCCc1ccccc1NC(=O)C(C)(CC)C(N)=S. The van der Waals surface area contributed by atoms with E-state index < -0.39 is 5.41 Å². The van der Waals surface area contributed by atoms with Gasteiger partial charge in [-0.3, -0.25) is 4.79 Å². The standard InChI is InChI=1S/C15H22N2OS/c1-4-8-11-9-6-7-10-12(11)17-14(18)15(3,5-2)13(16)19/h6-7,9-10H,4-5,8H2,1-3H3,(H2,16,19)(H,17,18). The molecule has 0 radical (unpaired) electrons. The Morgan fingerprint density at radius 1 is 1.37 bits per heavy atom. The molecule has 0 fully saturated rings. The van der Waals surface area contributed by atoms with Crippen LogP contribution in [-0.4, -0.2) is 10.9 Å². The van der Waals surface area contributed by atoms with Crippen LogP contribution in [0.15, 0.2) is 24.3 Å². The first-order chi connectivity index (χ1) is 8.95. The number of para-hydroxylation sites is 1. The number of anilines is 1. The Balaban J connectivity index is 2.96. The highest BCUT2D eigenvalue weighted by Gasteiger charge is 2.34. The van der Waals surface area contributed by atoms with E-state index in [1.165, 1.54) is 0 Å². The fourth-order valence-electron chi connectivity index (χ4n) is 1.84. The van der Waals surface area contributed by atoms with E-state index in [0.29, 0.717) is 6.42 Å². The van der Waals surface area contributed by atoms with Gasteiger partial charge in [0.1, 0.15) is 0 Å². The van der Waals surface area contributed by atoms with Crippen LogP contribution in [0, 0.1) is 5.41 Å². The molecule has 0 aliphatic carbocycles. The number of hydrogen-bond donors (Lipinski definition) is 2. The minimum absolute atomic E-state index is 0.133. The number of carbonyl (C=O) groups is 1. The Bertz CT molecular complexity index is 473. The van der Waals surface area contributed by atoms with Crippen LogP contribution >= 0.6 is 12.2 Å². The molecule has 1 amide bonds. The zero-order valence-electron chi connectivity index (χ0n) is 11.8. The van der Waals surface area contributed by atoms with Gasteiger partial charge in [-0.25, -0.2) is 0 Å². The van der Waals surface area contributed by atoms with Crippen LogP contribution in [0.1, 0.15) is 39.2 Å². The van der Waals surface area contributed by atoms with Crippen molar-refractivity contribution >= 4 is 28.8 Å². The topological polar surface area (TPSA) is 55.1 Å². The fraction of sp³-hybridized carbons (Fsp3) is 0.467. The molecule has 104 valence electrons. The summed E-state index contributed by atoms with van der Waals surface area (Å²) < 4.78 is 0. The second-order valence-electron chi connectivity index (χ2n) is 4.91. The molecule has 19 heavy (non-hydrogen) atoms. The number of carbonyl (C=O) groups excluding carboxylic acids is 1. The molecule has 0 spiro atoms. The van der Waals surface area contributed by atoms with Crippen molar-refractivity contribution in [2.24, 2.45) is 11.1 Å². The highest BCUT2D eigenvalue weighted by molar-refractivity contribution is 7.80. The van der Waals surface area contributed by atoms with E-state index in [0.717, 1.165) is 24.1 Å². The minimum Gasteiger partial charge on any atom is -0.392 e. The average molecular weight is 278 g/mol. The number of nitrogens with one attached hydrogen (secondary N) is 1. The van der Waals surface area contributed by atoms with E-state index in [9.17, 15) is 4.79 Å². The summed E-state index contributed by atoms with van der Waals surface area (Å²) in [5, 5.41) is 2.96. The summed E-state index contributed by atoms with van der Waals surface area (Å²) in [5.41, 5.74) is 6.90. The number of rotatable bonds is 6. The molecule has 3 N–H and O–H groups in total. The molecular formula is C15H22N2OS. The van der Waals surface area contributed by atoms with Gasteiger partial charge in [0.05, 0.1) is 10.4 Å². The first-order valence-electron chi connectivity index (χ1n) is 6.65. The van der Waals surface area contributed by atoms with Crippen molar-refractivity contribution in [3.8, 4) is 0 Å². The molecular weight excluding hydrogens is 256 g/mol. The molecule has 1 atom stereocenters. The largest absolute Gasteiger partial charge is 0.392 e. The van der Waals surface area contributed by atoms with Gasteiger partial charge in [-0.2, -0.15) is 0 Å². The van der Waals surface area contributed by atoms with Gasteiger partial charge >= 0.3 is 0 Å². The molecule has 4 heteroatoms. The number of amides is 1. The van der Waals surface area contributed by atoms with E-state index in [4.69, 9.17) is 18.0 Å². The lowest BCUT2D eigenvalue weighted by Gasteiger charge is -2.26. The van der Waals surface area contributed by atoms with E-state index >= 15 is 0 Å². The van der Waals surface area contributed by atoms with E-state index in [1.807, 2.05) is 31.2 Å². The van der Waals surface area contributed by atoms with Crippen LogP contribution in [0.25, 0.3) is 0 Å². The zero-order chi connectivity index (χ0) is 14.5. The molecule has 3 nitrogen and oxygen atoms in total. The maximum atomic E-state index is 12.4. The highest BCUT2D eigenvalue weighted by atomic mass is 32.1. The van der Waals surface area contributed by atoms with Crippen LogP contribution in [0.3, 0.4) is 0 Å². The summed E-state index contributed by atoms with van der Waals surface area (Å²) >= 11 is 5.02. The van der Waals surface area contributed by atoms with E-state index in [-0.39, 0.29) is 10.9 Å². The normalized spacial score (nSPS) is 13.6. The monoisotopic (exact) mass is 278 g/mol. The second-order valence-corrected chi connectivity index (χ2v) is 5.35. The predicted octanol–water partition coefficient (Wildman–Crippen LogP) is 3.28. The Morgan fingerprint density at radius 3 is 2.53 bits per heavy atom. The number of nitrogens with two attached hydrogens (primary N) is 1. The highest BCUT2D eigenvalue weighted by Crippen LogP contribution is 2.25. The van der Waals surface area contributed by atoms with Gasteiger partial charge in [-0.15, -0.1) is 0 Å². The van der Waals surface area contributed by atoms with Crippen molar-refractivity contribution in [2.75, 3.05) is 5.32 Å². The molecule has 1 aromatic rings. The molecule has 0 saturated heterocycles. The van der Waals surface area contributed by atoms with Gasteiger partial charge in [0, 0.05) is 5.69 Å². The summed E-state index contributed by atoms with van der Waals surface area (Å²) in [4.78, 5) is 12.6. The zero-order valence-corrected chi connectivity index (χ0v) is 12.6. The number of thiocarbonyl (C=S) groups is 1. The molecule has 0 aliphatic heterocycles. The smallest absolute Gasteiger partial charge is 0.237 e. The number of aryl methyl sites for hydroxylation is 1. The molecule has 0 bridgehead atoms. The lowest BCUT2D eigenvalue weighted by atomic mass is 9.86. The Hall–Kier alpha value is -1.42. The second kappa shape index (κ2) is 6.66. The molecule has 1 rings (SSSR count). The number of benzene rings is 1. The van der Waals surface area contributed by atoms with Crippen LogP contribution in [0.2, 0.25) is 0 Å². The molecule has 0 heterocycles. The lowest BCUT2D eigenvalue weighted by Crippen LogP contribution is -2.43. The van der Waals surface area contributed by atoms with Gasteiger partial charge in [0.25, 0.3) is 0 Å². The third kappa shape index (κ3) is 3.53. The summed E-state index contributed by atoms with van der Waals surface area (Å²) in [6, 6.07) is 7.84. The van der Waals surface area contributed by atoms with E-state index in [1.54, 1.807) is 6.92 Å². The molecule has 0 aliphatic rings. The summed E-state index contributed by atoms with van der Waals surface area (Å²) in [6.07, 6.45) is 2.56. The third-order valence-electron chi connectivity index (χ3n) is 3.54. The van der Waals surface area contributed by atoms with Crippen LogP contribution < -0.4 is 11.1 Å². The maximum absolute atomic E-state index is 12.4. The van der Waals surface area contributed by atoms with Crippen LogP contribution in [0.5, 0.6) is 0 Å². The average Bonchev–Trinajstić information content (AvgIpc) is 2.39. The van der Waals surface area contributed by atoms with Gasteiger partial charge in [-0.1, -0.05) is 50.7 Å². The summed E-state index contributed by atoms with van der Waals surface area (Å²) in [5.74, 6) is -0.133. The lowest BCUT2D eigenvalue weighted by molar-refractivity contribution is -0.121. The Kier molecular flexibility index (Phi) is 5.48. The fourth-order valence-corrected chi connectivity index (χ4v) is 2.07. The van der Waals surface area contributed by atoms with Crippen molar-refractivity contribution in [2.45, 2.75) is 40.0 Å². The summed E-state index contributed by atoms with van der Waals surface area (Å²) in [7, 11) is 0. The minimum atomic E-state index is -0.797. The Morgan fingerprint density at radius 2 is 2.00 bits per heavy atom. The van der Waals surface area contributed by atoms with Crippen molar-refractivity contribution in [1.82, 2.24) is 0 Å². The van der Waals surface area contributed by atoms with Crippen LogP contribution in [-0.2, 0) is 11.2 Å². The molecule has 1 unspecified atom stereocenters. The Labute approximate surface area is 120 Å². The first-order valence-corrected chi connectivity index (χ1v) is 7.05.